The molecule has 0 radical (unpaired) electrons. The molecule has 2 aromatic rings. The monoisotopic (exact) mass is 398 g/mol. The predicted octanol–water partition coefficient (Wildman–Crippen LogP) is 2.31. The highest BCUT2D eigenvalue weighted by atomic mass is 16.5. The number of rotatable bonds is 8. The van der Waals surface area contributed by atoms with Gasteiger partial charge in [-0.15, -0.1) is 0 Å². The molecule has 1 aromatic heterocycles. The van der Waals surface area contributed by atoms with Gasteiger partial charge < -0.3 is 19.5 Å². The Balaban J connectivity index is 1.40. The Labute approximate surface area is 174 Å². The van der Waals surface area contributed by atoms with Crippen molar-refractivity contribution in [3.05, 3.63) is 48.5 Å². The zero-order valence-electron chi connectivity index (χ0n) is 17.9. The van der Waals surface area contributed by atoms with E-state index in [1.807, 2.05) is 43.6 Å². The van der Waals surface area contributed by atoms with E-state index in [4.69, 9.17) is 4.74 Å². The van der Waals surface area contributed by atoms with E-state index in [9.17, 15) is 0 Å². The van der Waals surface area contributed by atoms with E-state index in [0.29, 0.717) is 12.5 Å². The summed E-state index contributed by atoms with van der Waals surface area (Å²) in [5.41, 5.74) is 0. The molecular formula is C22H34N6O. The quantitative estimate of drug-likeness (QED) is 0.546. The van der Waals surface area contributed by atoms with E-state index in [1.54, 1.807) is 0 Å². The highest BCUT2D eigenvalue weighted by Gasteiger charge is 2.19. The van der Waals surface area contributed by atoms with Crippen LogP contribution in [0.15, 0.2) is 47.7 Å². The topological polar surface area (TPSA) is 57.9 Å². The minimum Gasteiger partial charge on any atom is -0.492 e. The number of nitrogens with zero attached hydrogens (tertiary/aromatic N) is 5. The molecule has 7 heteroatoms. The molecule has 1 aromatic carbocycles. The zero-order valence-corrected chi connectivity index (χ0v) is 17.9. The van der Waals surface area contributed by atoms with Crippen LogP contribution in [0.1, 0.15) is 19.7 Å². The molecule has 1 aliphatic heterocycles. The van der Waals surface area contributed by atoms with Gasteiger partial charge in [0, 0.05) is 58.7 Å². The van der Waals surface area contributed by atoms with E-state index in [0.717, 1.165) is 63.4 Å². The van der Waals surface area contributed by atoms with Crippen LogP contribution in [0.25, 0.3) is 0 Å². The van der Waals surface area contributed by atoms with Gasteiger partial charge in [-0.2, -0.15) is 0 Å². The molecule has 7 nitrogen and oxygen atoms in total. The number of aromatic nitrogens is 2. The number of para-hydroxylation sites is 1. The van der Waals surface area contributed by atoms with Crippen molar-refractivity contribution in [2.24, 2.45) is 10.9 Å². The van der Waals surface area contributed by atoms with Crippen LogP contribution in [0.5, 0.6) is 5.75 Å². The first-order valence-corrected chi connectivity index (χ1v) is 10.5. The molecule has 29 heavy (non-hydrogen) atoms. The lowest BCUT2D eigenvalue weighted by Gasteiger charge is -2.36. The summed E-state index contributed by atoms with van der Waals surface area (Å²) in [6.07, 6.45) is 3.93. The van der Waals surface area contributed by atoms with Gasteiger partial charge in [0.25, 0.3) is 0 Å². The largest absolute Gasteiger partial charge is 0.492 e. The van der Waals surface area contributed by atoms with Crippen molar-refractivity contribution in [2.75, 3.05) is 46.4 Å². The van der Waals surface area contributed by atoms with Crippen molar-refractivity contribution < 1.29 is 4.74 Å². The molecule has 1 aliphatic rings. The second-order valence-electron chi connectivity index (χ2n) is 7.78. The van der Waals surface area contributed by atoms with E-state index < -0.39 is 0 Å². The lowest BCUT2D eigenvalue weighted by atomic mass is 10.2. The molecule has 0 bridgehead atoms. The maximum Gasteiger partial charge on any atom is 0.194 e. The van der Waals surface area contributed by atoms with Crippen LogP contribution in [0.4, 0.5) is 0 Å². The molecule has 0 spiro atoms. The van der Waals surface area contributed by atoms with Gasteiger partial charge in [0.2, 0.25) is 0 Å². The maximum absolute atomic E-state index is 5.82. The molecule has 0 atom stereocenters. The molecule has 2 heterocycles. The Morgan fingerprint density at radius 3 is 2.62 bits per heavy atom. The lowest BCUT2D eigenvalue weighted by molar-refractivity contribution is 0.152. The van der Waals surface area contributed by atoms with Crippen LogP contribution in [0, 0.1) is 5.92 Å². The summed E-state index contributed by atoms with van der Waals surface area (Å²) < 4.78 is 8.04. The average molecular weight is 399 g/mol. The van der Waals surface area contributed by atoms with Crippen LogP contribution < -0.4 is 10.1 Å². The van der Waals surface area contributed by atoms with Crippen molar-refractivity contribution >= 4 is 5.96 Å². The molecule has 1 N–H and O–H groups in total. The average Bonchev–Trinajstić information content (AvgIpc) is 3.16. The standard InChI is InChI=1S/C22H34N6O/c1-19(2)18-28-10-9-24-21(28)17-25-22(23-3)27-13-11-26(12-14-27)15-16-29-20-7-5-4-6-8-20/h4-10,19H,11-18H2,1-3H3,(H,23,25). The second-order valence-corrected chi connectivity index (χ2v) is 7.78. The molecule has 0 unspecified atom stereocenters. The van der Waals surface area contributed by atoms with Crippen LogP contribution in [-0.4, -0.2) is 71.7 Å². The van der Waals surface area contributed by atoms with Crippen molar-refractivity contribution in [1.29, 1.82) is 0 Å². The third-order valence-electron chi connectivity index (χ3n) is 5.07. The molecule has 158 valence electrons. The Kier molecular flexibility index (Phi) is 7.93. The summed E-state index contributed by atoms with van der Waals surface area (Å²) in [7, 11) is 1.85. The first kappa shape index (κ1) is 21.2. The highest BCUT2D eigenvalue weighted by molar-refractivity contribution is 5.79. The molecular weight excluding hydrogens is 364 g/mol. The van der Waals surface area contributed by atoms with E-state index in [2.05, 4.69) is 49.7 Å². The number of hydrogen-bond donors (Lipinski definition) is 1. The van der Waals surface area contributed by atoms with E-state index in [1.165, 1.54) is 0 Å². The molecule has 0 saturated carbocycles. The number of ether oxygens (including phenoxy) is 1. The molecule has 0 amide bonds. The summed E-state index contributed by atoms with van der Waals surface area (Å²) in [4.78, 5) is 13.7. The number of benzene rings is 1. The lowest BCUT2D eigenvalue weighted by Crippen LogP contribution is -2.53. The summed E-state index contributed by atoms with van der Waals surface area (Å²) in [5.74, 6) is 3.54. The van der Waals surface area contributed by atoms with Crippen molar-refractivity contribution in [2.45, 2.75) is 26.9 Å². The predicted molar refractivity (Wildman–Crippen MR) is 117 cm³/mol. The van der Waals surface area contributed by atoms with Crippen molar-refractivity contribution in [1.82, 2.24) is 24.7 Å². The Bertz CT molecular complexity index is 750. The minimum absolute atomic E-state index is 0.598. The summed E-state index contributed by atoms with van der Waals surface area (Å²) in [6.45, 7) is 11.7. The van der Waals surface area contributed by atoms with Gasteiger partial charge in [0.05, 0.1) is 6.54 Å². The van der Waals surface area contributed by atoms with Gasteiger partial charge in [-0.25, -0.2) is 4.98 Å². The fourth-order valence-electron chi connectivity index (χ4n) is 3.55. The summed E-state index contributed by atoms with van der Waals surface area (Å²) in [6, 6.07) is 10.0. The first-order valence-electron chi connectivity index (χ1n) is 10.5. The summed E-state index contributed by atoms with van der Waals surface area (Å²) >= 11 is 0. The number of aliphatic imine (C=N–C) groups is 1. The van der Waals surface area contributed by atoms with E-state index >= 15 is 0 Å². The molecule has 0 aliphatic carbocycles. The van der Waals surface area contributed by atoms with E-state index in [-0.39, 0.29) is 0 Å². The van der Waals surface area contributed by atoms with Gasteiger partial charge in [0.1, 0.15) is 18.2 Å². The van der Waals surface area contributed by atoms with Gasteiger partial charge in [-0.05, 0) is 18.1 Å². The smallest absolute Gasteiger partial charge is 0.194 e. The van der Waals surface area contributed by atoms with Crippen LogP contribution in [0.3, 0.4) is 0 Å². The third kappa shape index (κ3) is 6.49. The van der Waals surface area contributed by atoms with Gasteiger partial charge in [-0.1, -0.05) is 32.0 Å². The van der Waals surface area contributed by atoms with Crippen molar-refractivity contribution in [3.8, 4) is 5.75 Å². The fourth-order valence-corrected chi connectivity index (χ4v) is 3.55. The molecule has 1 saturated heterocycles. The number of hydrogen-bond acceptors (Lipinski definition) is 4. The second kappa shape index (κ2) is 10.9. The Hall–Kier alpha value is -2.54. The third-order valence-corrected chi connectivity index (χ3v) is 5.07. The Morgan fingerprint density at radius 1 is 1.17 bits per heavy atom. The van der Waals surface area contributed by atoms with Gasteiger partial charge >= 0.3 is 0 Å². The van der Waals surface area contributed by atoms with Crippen LogP contribution in [0.2, 0.25) is 0 Å². The number of nitrogens with one attached hydrogen (secondary N) is 1. The number of piperazine rings is 1. The first-order chi connectivity index (χ1) is 14.2. The SMILES string of the molecule is CN=C(NCc1nccn1CC(C)C)N1CCN(CCOc2ccccc2)CC1. The molecule has 1 fully saturated rings. The zero-order chi connectivity index (χ0) is 20.5. The van der Waals surface area contributed by atoms with Crippen LogP contribution >= 0.6 is 0 Å². The van der Waals surface area contributed by atoms with Crippen LogP contribution in [-0.2, 0) is 13.1 Å². The normalized spacial score (nSPS) is 15.7. The van der Waals surface area contributed by atoms with Gasteiger partial charge in [-0.3, -0.25) is 9.89 Å². The number of imidazole rings is 1. The van der Waals surface area contributed by atoms with Crippen molar-refractivity contribution in [3.63, 3.8) is 0 Å². The Morgan fingerprint density at radius 2 is 1.93 bits per heavy atom. The molecule has 3 rings (SSSR count). The fraction of sp³-hybridized carbons (Fsp3) is 0.545. The minimum atomic E-state index is 0.598. The summed E-state index contributed by atoms with van der Waals surface area (Å²) in [5, 5.41) is 3.48. The van der Waals surface area contributed by atoms with Gasteiger partial charge in [0.15, 0.2) is 5.96 Å². The highest BCUT2D eigenvalue weighted by Crippen LogP contribution is 2.09. The maximum atomic E-state index is 5.82. The number of guanidine groups is 1.